The van der Waals surface area contributed by atoms with Gasteiger partial charge < -0.3 is 5.32 Å². The highest BCUT2D eigenvalue weighted by atomic mass is 32.2. The Kier molecular flexibility index (Phi) is 5.16. The van der Waals surface area contributed by atoms with Crippen LogP contribution in [0.2, 0.25) is 0 Å². The number of nitrogens with one attached hydrogen (secondary N) is 2. The molecule has 0 saturated heterocycles. The van der Waals surface area contributed by atoms with E-state index >= 15 is 0 Å². The summed E-state index contributed by atoms with van der Waals surface area (Å²) in [6.45, 7) is 0. The summed E-state index contributed by atoms with van der Waals surface area (Å²) in [6, 6.07) is 20.0. The Balaban J connectivity index is 1.63. The van der Waals surface area contributed by atoms with Crippen LogP contribution in [0.3, 0.4) is 0 Å². The zero-order valence-corrected chi connectivity index (χ0v) is 16.4. The van der Waals surface area contributed by atoms with Crippen LogP contribution in [0.25, 0.3) is 10.8 Å². The molecule has 1 amide bonds. The molecule has 8 heteroatoms. The maximum atomic E-state index is 13.1. The van der Waals surface area contributed by atoms with Gasteiger partial charge in [0.15, 0.2) is 0 Å². The Morgan fingerprint density at radius 1 is 0.833 bits per heavy atom. The Hall–Kier alpha value is -3.78. The fourth-order valence-electron chi connectivity index (χ4n) is 2.98. The number of amides is 1. The molecule has 0 radical (unpaired) electrons. The summed E-state index contributed by atoms with van der Waals surface area (Å²) in [5.41, 5.74) is 0.669. The van der Waals surface area contributed by atoms with Crippen LogP contribution in [0.5, 0.6) is 0 Å². The van der Waals surface area contributed by atoms with Crippen LogP contribution in [-0.2, 0) is 10.0 Å². The molecule has 3 aromatic carbocycles. The van der Waals surface area contributed by atoms with E-state index in [0.717, 1.165) is 17.5 Å². The Labute approximate surface area is 172 Å². The lowest BCUT2D eigenvalue weighted by Gasteiger charge is -2.14. The standard InChI is InChI=1S/C22H16FN3O3S/c23-16-9-11-17(12-10-16)30(28,29)26-20-8-4-3-7-19(20)25-22(27)21-18-6-2-1-5-15(18)13-14-24-21/h1-14,26H,(H,25,27). The predicted octanol–water partition coefficient (Wildman–Crippen LogP) is 4.43. The largest absolute Gasteiger partial charge is 0.319 e. The molecule has 1 heterocycles. The molecule has 0 aliphatic carbocycles. The number of benzene rings is 3. The summed E-state index contributed by atoms with van der Waals surface area (Å²) in [7, 11) is -3.97. The zero-order chi connectivity index (χ0) is 21.1. The number of pyridine rings is 1. The molecule has 6 nitrogen and oxygen atoms in total. The fourth-order valence-corrected chi connectivity index (χ4v) is 4.06. The highest BCUT2D eigenvalue weighted by Crippen LogP contribution is 2.26. The Morgan fingerprint density at radius 2 is 1.50 bits per heavy atom. The van der Waals surface area contributed by atoms with E-state index in [1.54, 1.807) is 36.5 Å². The van der Waals surface area contributed by atoms with Crippen LogP contribution in [0.1, 0.15) is 10.5 Å². The maximum absolute atomic E-state index is 13.1. The van der Waals surface area contributed by atoms with Gasteiger partial charge >= 0.3 is 0 Å². The molecule has 0 bridgehead atoms. The molecule has 4 rings (SSSR count). The van der Waals surface area contributed by atoms with E-state index in [0.29, 0.717) is 5.39 Å². The number of aromatic nitrogens is 1. The van der Waals surface area contributed by atoms with Crippen molar-refractivity contribution >= 4 is 38.1 Å². The molecule has 0 aliphatic rings. The van der Waals surface area contributed by atoms with Gasteiger partial charge in [-0.05, 0) is 47.9 Å². The SMILES string of the molecule is O=C(Nc1ccccc1NS(=O)(=O)c1ccc(F)cc1)c1nccc2ccccc12. The third-order valence-corrected chi connectivity index (χ3v) is 5.81. The van der Waals surface area contributed by atoms with Crippen LogP contribution >= 0.6 is 0 Å². The molecule has 0 atom stereocenters. The number of anilines is 2. The molecule has 1 aromatic heterocycles. The lowest BCUT2D eigenvalue weighted by molar-refractivity contribution is 0.102. The van der Waals surface area contributed by atoms with Crippen molar-refractivity contribution in [2.45, 2.75) is 4.90 Å². The summed E-state index contributed by atoms with van der Waals surface area (Å²) in [5, 5.41) is 4.26. The van der Waals surface area contributed by atoms with E-state index in [2.05, 4.69) is 15.0 Å². The summed E-state index contributed by atoms with van der Waals surface area (Å²) in [6.07, 6.45) is 1.54. The first-order valence-electron chi connectivity index (χ1n) is 8.96. The average Bonchev–Trinajstić information content (AvgIpc) is 2.75. The number of para-hydroxylation sites is 2. The summed E-state index contributed by atoms with van der Waals surface area (Å²) in [5.74, 6) is -1.01. The van der Waals surface area contributed by atoms with Crippen molar-refractivity contribution < 1.29 is 17.6 Å². The number of hydrogen-bond donors (Lipinski definition) is 2. The fraction of sp³-hybridized carbons (Fsp3) is 0. The van der Waals surface area contributed by atoms with E-state index in [1.807, 2.05) is 18.2 Å². The second kappa shape index (κ2) is 7.92. The number of halogens is 1. The van der Waals surface area contributed by atoms with E-state index in [4.69, 9.17) is 0 Å². The molecule has 30 heavy (non-hydrogen) atoms. The van der Waals surface area contributed by atoms with E-state index < -0.39 is 21.7 Å². The number of rotatable bonds is 5. The third kappa shape index (κ3) is 3.99. The molecule has 0 spiro atoms. The minimum atomic E-state index is -3.97. The van der Waals surface area contributed by atoms with Gasteiger partial charge in [0.2, 0.25) is 0 Å². The molecule has 2 N–H and O–H groups in total. The number of carbonyl (C=O) groups is 1. The van der Waals surface area contributed by atoms with Gasteiger partial charge in [-0.15, -0.1) is 0 Å². The molecule has 150 valence electrons. The molecule has 0 unspecified atom stereocenters. The third-order valence-electron chi connectivity index (χ3n) is 4.43. The molecule has 4 aromatic rings. The highest BCUT2D eigenvalue weighted by molar-refractivity contribution is 7.92. The van der Waals surface area contributed by atoms with Gasteiger partial charge in [0, 0.05) is 11.6 Å². The van der Waals surface area contributed by atoms with Crippen molar-refractivity contribution in [2.24, 2.45) is 0 Å². The maximum Gasteiger partial charge on any atom is 0.274 e. The lowest BCUT2D eigenvalue weighted by atomic mass is 10.1. The first kappa shape index (κ1) is 19.5. The quantitative estimate of drug-likeness (QED) is 0.499. The monoisotopic (exact) mass is 421 g/mol. The molecular weight excluding hydrogens is 405 g/mol. The van der Waals surface area contributed by atoms with E-state index in [9.17, 15) is 17.6 Å². The number of hydrogen-bond acceptors (Lipinski definition) is 4. The van der Waals surface area contributed by atoms with Crippen molar-refractivity contribution in [1.82, 2.24) is 4.98 Å². The predicted molar refractivity (Wildman–Crippen MR) is 113 cm³/mol. The first-order chi connectivity index (χ1) is 14.4. The number of carbonyl (C=O) groups excluding carboxylic acids is 1. The van der Waals surface area contributed by atoms with Gasteiger partial charge in [-0.3, -0.25) is 14.5 Å². The van der Waals surface area contributed by atoms with E-state index in [1.165, 1.54) is 18.2 Å². The van der Waals surface area contributed by atoms with Crippen LogP contribution in [0, 0.1) is 5.82 Å². The van der Waals surface area contributed by atoms with Crippen LogP contribution < -0.4 is 10.0 Å². The summed E-state index contributed by atoms with van der Waals surface area (Å²) < 4.78 is 40.8. The van der Waals surface area contributed by atoms with Crippen molar-refractivity contribution in [2.75, 3.05) is 10.0 Å². The van der Waals surface area contributed by atoms with Gasteiger partial charge in [-0.25, -0.2) is 12.8 Å². The van der Waals surface area contributed by atoms with Gasteiger partial charge in [0.1, 0.15) is 11.5 Å². The van der Waals surface area contributed by atoms with Gasteiger partial charge in [-0.1, -0.05) is 36.4 Å². The number of sulfonamides is 1. The minimum Gasteiger partial charge on any atom is -0.319 e. The summed E-state index contributed by atoms with van der Waals surface area (Å²) >= 11 is 0. The minimum absolute atomic E-state index is 0.0965. The normalized spacial score (nSPS) is 11.2. The number of fused-ring (bicyclic) bond motifs is 1. The van der Waals surface area contributed by atoms with Crippen LogP contribution in [0.15, 0.2) is 90.0 Å². The van der Waals surface area contributed by atoms with Gasteiger partial charge in [0.05, 0.1) is 16.3 Å². The Morgan fingerprint density at radius 3 is 2.27 bits per heavy atom. The second-order valence-electron chi connectivity index (χ2n) is 6.44. The second-order valence-corrected chi connectivity index (χ2v) is 8.12. The highest BCUT2D eigenvalue weighted by Gasteiger charge is 2.18. The topological polar surface area (TPSA) is 88.2 Å². The van der Waals surface area contributed by atoms with E-state index in [-0.39, 0.29) is 22.0 Å². The lowest BCUT2D eigenvalue weighted by Crippen LogP contribution is -2.18. The summed E-state index contributed by atoms with van der Waals surface area (Å²) in [4.78, 5) is 16.9. The Bertz CT molecular complexity index is 1330. The van der Waals surface area contributed by atoms with Crippen molar-refractivity contribution in [3.8, 4) is 0 Å². The molecule has 0 fully saturated rings. The number of nitrogens with zero attached hydrogens (tertiary/aromatic N) is 1. The molecule has 0 saturated carbocycles. The van der Waals surface area contributed by atoms with Crippen LogP contribution in [0.4, 0.5) is 15.8 Å². The first-order valence-corrected chi connectivity index (χ1v) is 10.4. The molecule has 0 aliphatic heterocycles. The van der Waals surface area contributed by atoms with Crippen molar-refractivity contribution in [1.29, 1.82) is 0 Å². The van der Waals surface area contributed by atoms with Crippen LogP contribution in [-0.4, -0.2) is 19.3 Å². The van der Waals surface area contributed by atoms with Gasteiger partial charge in [-0.2, -0.15) is 0 Å². The average molecular weight is 421 g/mol. The smallest absolute Gasteiger partial charge is 0.274 e. The van der Waals surface area contributed by atoms with Crippen molar-refractivity contribution in [3.05, 3.63) is 96.6 Å². The van der Waals surface area contributed by atoms with Crippen molar-refractivity contribution in [3.63, 3.8) is 0 Å². The van der Waals surface area contributed by atoms with Gasteiger partial charge in [0.25, 0.3) is 15.9 Å². The zero-order valence-electron chi connectivity index (χ0n) is 15.5. The molecular formula is C22H16FN3O3S.